The van der Waals surface area contributed by atoms with Gasteiger partial charge in [-0.25, -0.2) is 17.2 Å². The highest BCUT2D eigenvalue weighted by Crippen LogP contribution is 2.54. The van der Waals surface area contributed by atoms with Gasteiger partial charge >= 0.3 is 0 Å². The van der Waals surface area contributed by atoms with Gasteiger partial charge in [-0.15, -0.1) is 0 Å². The molecule has 5 atom stereocenters. The molecule has 0 aromatic heterocycles. The summed E-state index contributed by atoms with van der Waals surface area (Å²) in [6.07, 6.45) is 0.667. The minimum atomic E-state index is -3.97. The number of amides is 1. The van der Waals surface area contributed by atoms with E-state index in [2.05, 4.69) is 5.32 Å². The molecule has 2 aromatic rings. The molecule has 0 saturated heterocycles. The maximum Gasteiger partial charge on any atom is 0.255 e. The second-order valence-electron chi connectivity index (χ2n) is 9.91. The Bertz CT molecular complexity index is 1240. The number of halogens is 3. The van der Waals surface area contributed by atoms with Crippen molar-refractivity contribution in [1.82, 2.24) is 0 Å². The monoisotopic (exact) mass is 527 g/mol. The lowest BCUT2D eigenvalue weighted by Crippen LogP contribution is -2.57. The number of fused-ring (bicyclic) bond motifs is 2. The predicted octanol–water partition coefficient (Wildman–Crippen LogP) is 4.58. The van der Waals surface area contributed by atoms with Gasteiger partial charge in [0.15, 0.2) is 21.5 Å². The van der Waals surface area contributed by atoms with Gasteiger partial charge in [0.25, 0.3) is 5.91 Å². The van der Waals surface area contributed by atoms with Gasteiger partial charge in [-0.05, 0) is 73.8 Å². The molecular weight excluding hydrogens is 500 g/mol. The number of nitrogens with one attached hydrogen (secondary N) is 1. The van der Waals surface area contributed by atoms with E-state index >= 15 is 0 Å². The van der Waals surface area contributed by atoms with E-state index < -0.39 is 44.3 Å². The Morgan fingerprint density at radius 1 is 1.09 bits per heavy atom. The van der Waals surface area contributed by atoms with E-state index in [1.165, 1.54) is 24.3 Å². The number of carbonyl (C=O) groups is 1. The highest BCUT2D eigenvalue weighted by Gasteiger charge is 2.59. The van der Waals surface area contributed by atoms with E-state index in [1.807, 2.05) is 13.8 Å². The first-order chi connectivity index (χ1) is 16.4. The van der Waals surface area contributed by atoms with Crippen molar-refractivity contribution in [2.24, 2.45) is 17.8 Å². The summed E-state index contributed by atoms with van der Waals surface area (Å²) < 4.78 is 53.8. The fraction of sp³-hybridized carbons (Fsp3) is 0.480. The first-order valence-electron chi connectivity index (χ1n) is 11.6. The van der Waals surface area contributed by atoms with Gasteiger partial charge in [0.05, 0.1) is 26.9 Å². The Balaban J connectivity index is 1.59. The second-order valence-corrected chi connectivity index (χ2v) is 12.5. The molecule has 35 heavy (non-hydrogen) atoms. The van der Waals surface area contributed by atoms with Crippen molar-refractivity contribution in [1.29, 1.82) is 0 Å². The van der Waals surface area contributed by atoms with Crippen LogP contribution in [0.15, 0.2) is 41.3 Å². The zero-order valence-corrected chi connectivity index (χ0v) is 20.9. The van der Waals surface area contributed by atoms with E-state index in [-0.39, 0.29) is 51.8 Å². The first-order valence-corrected chi connectivity index (χ1v) is 13.5. The summed E-state index contributed by atoms with van der Waals surface area (Å²) >= 11 is 6.25. The molecule has 0 heterocycles. The summed E-state index contributed by atoms with van der Waals surface area (Å²) in [5.74, 6) is -3.79. The molecule has 2 saturated carbocycles. The standard InChI is InChI=1S/C25H28ClF2NO5S/c1-13(2)23(30)25(32)15-4-5-16(25)11-18(10-15)35(33,34)22-9-14(3-7-19(22)26)24(31)29-17-6-8-20(27)21(28)12-17/h3,6-9,12-13,15-16,18,23,30,32H,4-5,10-11H2,1-2H3,(H,29,31)/t15-,16?,18?,23?,25?/m0/s1. The summed E-state index contributed by atoms with van der Waals surface area (Å²) in [5.41, 5.74) is -1.32. The third-order valence-electron chi connectivity index (χ3n) is 7.49. The van der Waals surface area contributed by atoms with E-state index in [4.69, 9.17) is 11.6 Å². The van der Waals surface area contributed by atoms with Crippen LogP contribution in [0.2, 0.25) is 5.02 Å². The average molecular weight is 528 g/mol. The van der Waals surface area contributed by atoms with E-state index in [0.29, 0.717) is 12.8 Å². The molecule has 1 amide bonds. The Hall–Kier alpha value is -2.07. The van der Waals surface area contributed by atoms with Gasteiger partial charge in [0.1, 0.15) is 0 Å². The normalized spacial score (nSPS) is 27.1. The van der Waals surface area contributed by atoms with Crippen LogP contribution in [-0.2, 0) is 9.84 Å². The van der Waals surface area contributed by atoms with E-state index in [1.54, 1.807) is 0 Å². The summed E-state index contributed by atoms with van der Waals surface area (Å²) in [5, 5.41) is 23.6. The molecule has 0 aliphatic heterocycles. The lowest BCUT2D eigenvalue weighted by molar-refractivity contribution is -0.156. The van der Waals surface area contributed by atoms with Crippen molar-refractivity contribution in [2.75, 3.05) is 5.32 Å². The van der Waals surface area contributed by atoms with Crippen molar-refractivity contribution >= 4 is 33.0 Å². The SMILES string of the molecule is CC(C)C(O)C1(O)C2CC[C@H]1CC(S(=O)(=O)c1cc(C(=O)Nc3ccc(F)c(F)c3)ccc1Cl)C2. The molecule has 0 spiro atoms. The van der Waals surface area contributed by atoms with Crippen LogP contribution in [0.5, 0.6) is 0 Å². The minimum Gasteiger partial charge on any atom is -0.390 e. The van der Waals surface area contributed by atoms with Crippen LogP contribution in [0.25, 0.3) is 0 Å². The van der Waals surface area contributed by atoms with Crippen LogP contribution in [0, 0.1) is 29.4 Å². The zero-order chi connectivity index (χ0) is 25.7. The number of hydrogen-bond acceptors (Lipinski definition) is 5. The quantitative estimate of drug-likeness (QED) is 0.510. The zero-order valence-electron chi connectivity index (χ0n) is 19.3. The minimum absolute atomic E-state index is 0.0109. The number of rotatable bonds is 6. The lowest BCUT2D eigenvalue weighted by atomic mass is 9.69. The summed E-state index contributed by atoms with van der Waals surface area (Å²) in [4.78, 5) is 12.5. The molecule has 4 unspecified atom stereocenters. The van der Waals surface area contributed by atoms with Gasteiger partial charge in [-0.2, -0.15) is 0 Å². The fourth-order valence-electron chi connectivity index (χ4n) is 5.63. The first kappa shape index (κ1) is 26.0. The largest absolute Gasteiger partial charge is 0.390 e. The summed E-state index contributed by atoms with van der Waals surface area (Å²) in [7, 11) is -3.97. The lowest BCUT2D eigenvalue weighted by Gasteiger charge is -2.46. The van der Waals surface area contributed by atoms with Crippen LogP contribution in [0.4, 0.5) is 14.5 Å². The number of anilines is 1. The maximum atomic E-state index is 13.6. The van der Waals surface area contributed by atoms with E-state index in [0.717, 1.165) is 12.1 Å². The van der Waals surface area contributed by atoms with Crippen molar-refractivity contribution in [3.05, 3.63) is 58.6 Å². The van der Waals surface area contributed by atoms with Gasteiger partial charge < -0.3 is 15.5 Å². The number of carbonyl (C=O) groups excluding carboxylic acids is 1. The van der Waals surface area contributed by atoms with Gasteiger partial charge in [0, 0.05) is 17.3 Å². The third-order valence-corrected chi connectivity index (χ3v) is 10.1. The van der Waals surface area contributed by atoms with Crippen molar-refractivity contribution in [2.45, 2.75) is 61.4 Å². The highest BCUT2D eigenvalue weighted by molar-refractivity contribution is 7.92. The van der Waals surface area contributed by atoms with Crippen LogP contribution in [0.1, 0.15) is 49.9 Å². The Morgan fingerprint density at radius 3 is 2.29 bits per heavy atom. The molecule has 0 radical (unpaired) electrons. The van der Waals surface area contributed by atoms with Crippen LogP contribution in [0.3, 0.4) is 0 Å². The number of aliphatic hydroxyl groups is 2. The Kier molecular flexibility index (Phi) is 7.00. The number of hydrogen-bond donors (Lipinski definition) is 3. The number of benzene rings is 2. The Labute approximate surface area is 208 Å². The molecule has 2 aromatic carbocycles. The highest BCUT2D eigenvalue weighted by atomic mass is 35.5. The molecule has 6 nitrogen and oxygen atoms in total. The van der Waals surface area contributed by atoms with Crippen molar-refractivity contribution < 1.29 is 32.2 Å². The molecule has 2 aliphatic rings. The Morgan fingerprint density at radius 2 is 1.71 bits per heavy atom. The van der Waals surface area contributed by atoms with Gasteiger partial charge in [-0.1, -0.05) is 25.4 Å². The topological polar surface area (TPSA) is 104 Å². The number of sulfone groups is 1. The second kappa shape index (κ2) is 9.42. The molecule has 4 rings (SSSR count). The smallest absolute Gasteiger partial charge is 0.255 e. The third kappa shape index (κ3) is 4.59. The summed E-state index contributed by atoms with van der Waals surface area (Å²) in [6, 6.07) is 6.72. The van der Waals surface area contributed by atoms with Crippen LogP contribution < -0.4 is 5.32 Å². The average Bonchev–Trinajstić information content (AvgIpc) is 2.97. The van der Waals surface area contributed by atoms with Crippen LogP contribution >= 0.6 is 11.6 Å². The molecular formula is C25H28ClF2NO5S. The molecule has 2 fully saturated rings. The predicted molar refractivity (Wildman–Crippen MR) is 128 cm³/mol. The van der Waals surface area contributed by atoms with Crippen molar-refractivity contribution in [3.8, 4) is 0 Å². The molecule has 2 bridgehead atoms. The van der Waals surface area contributed by atoms with Gasteiger partial charge in [0.2, 0.25) is 0 Å². The maximum absolute atomic E-state index is 13.6. The molecule has 10 heteroatoms. The number of aliphatic hydroxyl groups excluding tert-OH is 1. The van der Waals surface area contributed by atoms with E-state index in [9.17, 15) is 32.2 Å². The summed E-state index contributed by atoms with van der Waals surface area (Å²) in [6.45, 7) is 3.64. The van der Waals surface area contributed by atoms with Crippen molar-refractivity contribution in [3.63, 3.8) is 0 Å². The fourth-order valence-corrected chi connectivity index (χ4v) is 8.03. The molecule has 3 N–H and O–H groups in total. The molecule has 2 aliphatic carbocycles. The van der Waals surface area contributed by atoms with Gasteiger partial charge in [-0.3, -0.25) is 4.79 Å². The van der Waals surface area contributed by atoms with Crippen LogP contribution in [-0.4, -0.2) is 41.5 Å². The molecule has 190 valence electrons.